The van der Waals surface area contributed by atoms with Crippen molar-refractivity contribution >= 4 is 17.0 Å². The van der Waals surface area contributed by atoms with Crippen LogP contribution in [-0.2, 0) is 19.5 Å². The van der Waals surface area contributed by atoms with Crippen LogP contribution in [0.2, 0.25) is 0 Å². The maximum atomic E-state index is 12.9. The van der Waals surface area contributed by atoms with Gasteiger partial charge in [-0.2, -0.15) is 8.78 Å². The number of halogens is 2. The van der Waals surface area contributed by atoms with E-state index in [2.05, 4.69) is 21.3 Å². The van der Waals surface area contributed by atoms with Crippen molar-refractivity contribution in [1.82, 2.24) is 19.3 Å². The Bertz CT molecular complexity index is 1390. The number of para-hydroxylation sites is 1. The normalized spacial score (nSPS) is 14.1. The molecule has 2 aromatic heterocycles. The molecule has 0 N–H and O–H groups in total. The SMILES string of the molecule is C=CCn1c(-c2ccccc2OC(F)F)csc1=Nc1ccc(-c2nnc3n2CCCCC3)cc1. The quantitative estimate of drug-likeness (QED) is 0.287. The zero-order valence-corrected chi connectivity index (χ0v) is 19.9. The van der Waals surface area contributed by atoms with Crippen LogP contribution in [0.1, 0.15) is 25.1 Å². The van der Waals surface area contributed by atoms with Crippen LogP contribution in [-0.4, -0.2) is 25.9 Å². The van der Waals surface area contributed by atoms with Crippen LogP contribution in [0.15, 0.2) is 71.6 Å². The van der Waals surface area contributed by atoms with Gasteiger partial charge in [-0.25, -0.2) is 4.99 Å². The van der Waals surface area contributed by atoms with Gasteiger partial charge in [-0.15, -0.1) is 28.1 Å². The molecule has 0 spiro atoms. The molecular weight excluding hydrogens is 468 g/mol. The predicted molar refractivity (Wildman–Crippen MR) is 133 cm³/mol. The Kier molecular flexibility index (Phi) is 6.85. The Morgan fingerprint density at radius 2 is 1.91 bits per heavy atom. The molecule has 3 heterocycles. The van der Waals surface area contributed by atoms with Crippen LogP contribution in [0.25, 0.3) is 22.6 Å². The predicted octanol–water partition coefficient (Wildman–Crippen LogP) is 6.22. The fraction of sp³-hybridized carbons (Fsp3) is 0.269. The molecule has 1 aliphatic heterocycles. The number of hydrogen-bond acceptors (Lipinski definition) is 5. The number of ether oxygens (including phenoxy) is 1. The van der Waals surface area contributed by atoms with E-state index < -0.39 is 6.61 Å². The minimum atomic E-state index is -2.90. The lowest BCUT2D eigenvalue weighted by Crippen LogP contribution is -2.15. The molecule has 5 rings (SSSR count). The molecule has 0 unspecified atom stereocenters. The second-order valence-electron chi connectivity index (χ2n) is 8.24. The van der Waals surface area contributed by atoms with Crippen LogP contribution in [0.5, 0.6) is 5.75 Å². The summed E-state index contributed by atoms with van der Waals surface area (Å²) in [5.74, 6) is 2.07. The maximum Gasteiger partial charge on any atom is 0.387 e. The molecule has 4 aromatic rings. The van der Waals surface area contributed by atoms with Crippen molar-refractivity contribution in [2.75, 3.05) is 0 Å². The molecule has 0 saturated heterocycles. The summed E-state index contributed by atoms with van der Waals surface area (Å²) in [6, 6.07) is 14.7. The molecule has 0 radical (unpaired) electrons. The van der Waals surface area contributed by atoms with Crippen molar-refractivity contribution in [2.45, 2.75) is 45.4 Å². The van der Waals surface area contributed by atoms with Crippen molar-refractivity contribution in [3.8, 4) is 28.4 Å². The van der Waals surface area contributed by atoms with Crippen molar-refractivity contribution in [1.29, 1.82) is 0 Å². The fourth-order valence-corrected chi connectivity index (χ4v) is 5.24. The molecule has 0 fully saturated rings. The number of thiazole rings is 1. The second kappa shape index (κ2) is 10.4. The van der Waals surface area contributed by atoms with Gasteiger partial charge in [0.15, 0.2) is 10.6 Å². The highest BCUT2D eigenvalue weighted by Crippen LogP contribution is 2.32. The highest BCUT2D eigenvalue weighted by molar-refractivity contribution is 7.07. The number of alkyl halides is 2. The number of benzene rings is 2. The molecule has 2 aromatic carbocycles. The number of aromatic nitrogens is 4. The van der Waals surface area contributed by atoms with E-state index in [-0.39, 0.29) is 5.75 Å². The molecule has 6 nitrogen and oxygen atoms in total. The summed E-state index contributed by atoms with van der Waals surface area (Å²) in [4.78, 5) is 5.56. The largest absolute Gasteiger partial charge is 0.434 e. The van der Waals surface area contributed by atoms with Crippen molar-refractivity contribution in [2.24, 2.45) is 4.99 Å². The summed E-state index contributed by atoms with van der Waals surface area (Å²) in [5, 5.41) is 10.7. The molecule has 35 heavy (non-hydrogen) atoms. The smallest absolute Gasteiger partial charge is 0.387 e. The monoisotopic (exact) mass is 493 g/mol. The lowest BCUT2D eigenvalue weighted by Gasteiger charge is -2.12. The second-order valence-corrected chi connectivity index (χ2v) is 9.07. The Labute approximate surface area is 205 Å². The average molecular weight is 494 g/mol. The summed E-state index contributed by atoms with van der Waals surface area (Å²) in [6.45, 7) is 2.37. The van der Waals surface area contributed by atoms with E-state index in [0.29, 0.717) is 12.1 Å². The Hall–Kier alpha value is -3.59. The van der Waals surface area contributed by atoms with Crippen LogP contribution in [0.3, 0.4) is 0 Å². The lowest BCUT2D eigenvalue weighted by atomic mass is 10.1. The number of fused-ring (bicyclic) bond motifs is 1. The van der Waals surface area contributed by atoms with E-state index in [0.717, 1.165) is 59.2 Å². The van der Waals surface area contributed by atoms with Crippen molar-refractivity contribution in [3.05, 3.63) is 77.2 Å². The van der Waals surface area contributed by atoms with E-state index >= 15 is 0 Å². The van der Waals surface area contributed by atoms with E-state index in [4.69, 9.17) is 9.73 Å². The highest BCUT2D eigenvalue weighted by atomic mass is 32.1. The van der Waals surface area contributed by atoms with Crippen LogP contribution in [0.4, 0.5) is 14.5 Å². The number of nitrogens with zero attached hydrogens (tertiary/aromatic N) is 5. The molecule has 180 valence electrons. The zero-order valence-electron chi connectivity index (χ0n) is 19.1. The first-order valence-corrected chi connectivity index (χ1v) is 12.4. The molecule has 0 atom stereocenters. The highest BCUT2D eigenvalue weighted by Gasteiger charge is 2.17. The van der Waals surface area contributed by atoms with Gasteiger partial charge in [0.25, 0.3) is 0 Å². The van der Waals surface area contributed by atoms with Gasteiger partial charge in [-0.3, -0.25) is 0 Å². The summed E-state index contributed by atoms with van der Waals surface area (Å²) in [6.07, 6.45) is 6.23. The average Bonchev–Trinajstić information content (AvgIpc) is 3.36. The molecular formula is C26H25F2N5OS. The summed E-state index contributed by atoms with van der Waals surface area (Å²) in [7, 11) is 0. The molecule has 0 saturated carbocycles. The van der Waals surface area contributed by atoms with Crippen LogP contribution >= 0.6 is 11.3 Å². The fourth-order valence-electron chi connectivity index (χ4n) is 4.31. The minimum Gasteiger partial charge on any atom is -0.434 e. The number of rotatable bonds is 7. The molecule has 0 amide bonds. The van der Waals surface area contributed by atoms with E-state index in [1.54, 1.807) is 24.3 Å². The third kappa shape index (κ3) is 4.95. The molecule has 0 bridgehead atoms. The van der Waals surface area contributed by atoms with Gasteiger partial charge in [0.1, 0.15) is 11.6 Å². The first-order valence-electron chi connectivity index (χ1n) is 11.5. The van der Waals surface area contributed by atoms with Crippen LogP contribution in [0, 0.1) is 0 Å². The van der Waals surface area contributed by atoms with Gasteiger partial charge in [-0.1, -0.05) is 24.6 Å². The van der Waals surface area contributed by atoms with Crippen molar-refractivity contribution < 1.29 is 13.5 Å². The summed E-state index contributed by atoms with van der Waals surface area (Å²) < 4.78 is 34.8. The van der Waals surface area contributed by atoms with Gasteiger partial charge in [0, 0.05) is 36.0 Å². The van der Waals surface area contributed by atoms with Crippen LogP contribution < -0.4 is 9.54 Å². The maximum absolute atomic E-state index is 12.9. The summed E-state index contributed by atoms with van der Waals surface area (Å²) >= 11 is 1.44. The van der Waals surface area contributed by atoms with E-state index in [9.17, 15) is 8.78 Å². The molecule has 1 aliphatic rings. The summed E-state index contributed by atoms with van der Waals surface area (Å²) in [5.41, 5.74) is 3.11. The first kappa shape index (κ1) is 23.2. The van der Waals surface area contributed by atoms with Gasteiger partial charge in [0.05, 0.1) is 11.4 Å². The number of hydrogen-bond donors (Lipinski definition) is 0. The number of aryl methyl sites for hydroxylation is 1. The number of allylic oxidation sites excluding steroid dienone is 1. The van der Waals surface area contributed by atoms with E-state index in [1.165, 1.54) is 23.8 Å². The van der Waals surface area contributed by atoms with Gasteiger partial charge >= 0.3 is 6.61 Å². The third-order valence-electron chi connectivity index (χ3n) is 5.95. The van der Waals surface area contributed by atoms with Gasteiger partial charge in [0.2, 0.25) is 0 Å². The lowest BCUT2D eigenvalue weighted by molar-refractivity contribution is -0.0494. The Morgan fingerprint density at radius 3 is 2.71 bits per heavy atom. The van der Waals surface area contributed by atoms with Gasteiger partial charge in [-0.05, 0) is 49.2 Å². The third-order valence-corrected chi connectivity index (χ3v) is 6.81. The first-order chi connectivity index (χ1) is 17.1. The molecule has 0 aliphatic carbocycles. The van der Waals surface area contributed by atoms with Crippen molar-refractivity contribution in [3.63, 3.8) is 0 Å². The topological polar surface area (TPSA) is 57.2 Å². The van der Waals surface area contributed by atoms with Gasteiger partial charge < -0.3 is 13.9 Å². The molecule has 9 heteroatoms. The Balaban J connectivity index is 1.49. The van der Waals surface area contributed by atoms with E-state index in [1.807, 2.05) is 34.2 Å². The standard InChI is InChI=1S/C26H25F2N5OS/c1-2-15-32-21(20-8-5-6-9-22(20)34-25(27)28)17-35-26(32)29-19-13-11-18(12-14-19)24-31-30-23-10-4-3-7-16-33(23)24/h2,5-6,8-9,11-14,17,25H,1,3-4,7,10,15-16H2. The Morgan fingerprint density at radius 1 is 1.09 bits per heavy atom. The minimum absolute atomic E-state index is 0.126. The zero-order chi connectivity index (χ0) is 24.2.